The van der Waals surface area contributed by atoms with Gasteiger partial charge in [-0.3, -0.25) is 4.57 Å². The van der Waals surface area contributed by atoms with E-state index in [0.717, 1.165) is 33.4 Å². The van der Waals surface area contributed by atoms with E-state index in [1.807, 2.05) is 36.5 Å². The molecule has 27 heavy (non-hydrogen) atoms. The van der Waals surface area contributed by atoms with E-state index in [-0.39, 0.29) is 0 Å². The molecule has 0 N–H and O–H groups in total. The zero-order chi connectivity index (χ0) is 18.0. The van der Waals surface area contributed by atoms with Gasteiger partial charge >= 0.3 is 0 Å². The van der Waals surface area contributed by atoms with Crippen LogP contribution in [-0.2, 0) is 0 Å². The summed E-state index contributed by atoms with van der Waals surface area (Å²) in [6, 6.07) is 25.0. The first kappa shape index (κ1) is 14.6. The Morgan fingerprint density at radius 1 is 0.778 bits per heavy atom. The van der Waals surface area contributed by atoms with Gasteiger partial charge < -0.3 is 4.42 Å². The van der Waals surface area contributed by atoms with E-state index in [1.165, 1.54) is 21.7 Å². The molecule has 3 nitrogen and oxygen atoms in total. The number of benzene rings is 3. The summed E-state index contributed by atoms with van der Waals surface area (Å²) in [6.45, 7) is 2.16. The summed E-state index contributed by atoms with van der Waals surface area (Å²) in [5, 5.41) is 4.69. The lowest BCUT2D eigenvalue weighted by Gasteiger charge is -2.07. The molecule has 0 bridgehead atoms. The van der Waals surface area contributed by atoms with Crippen molar-refractivity contribution >= 4 is 43.7 Å². The number of rotatable bonds is 1. The van der Waals surface area contributed by atoms with Gasteiger partial charge in [-0.05, 0) is 42.8 Å². The third kappa shape index (κ3) is 1.88. The van der Waals surface area contributed by atoms with Crippen LogP contribution < -0.4 is 0 Å². The summed E-state index contributed by atoms with van der Waals surface area (Å²) in [5.74, 6) is 0.915. The zero-order valence-electron chi connectivity index (χ0n) is 14.8. The van der Waals surface area contributed by atoms with Crippen molar-refractivity contribution in [1.29, 1.82) is 0 Å². The van der Waals surface area contributed by atoms with E-state index in [1.54, 1.807) is 0 Å². The number of pyridine rings is 1. The summed E-state index contributed by atoms with van der Waals surface area (Å²) in [7, 11) is 0. The number of hydrogen-bond donors (Lipinski definition) is 0. The lowest BCUT2D eigenvalue weighted by molar-refractivity contribution is 0.673. The van der Waals surface area contributed by atoms with Gasteiger partial charge in [-0.1, -0.05) is 42.5 Å². The molecule has 0 saturated carbocycles. The largest absolute Gasteiger partial charge is 0.455 e. The van der Waals surface area contributed by atoms with Gasteiger partial charge in [0.05, 0.1) is 16.4 Å². The van der Waals surface area contributed by atoms with Gasteiger partial charge in [0.2, 0.25) is 0 Å². The third-order valence-electron chi connectivity index (χ3n) is 5.36. The summed E-state index contributed by atoms with van der Waals surface area (Å²) >= 11 is 0. The molecule has 0 spiro atoms. The number of hydrogen-bond acceptors (Lipinski definition) is 2. The molecular formula is C24H16N2O. The molecule has 6 rings (SSSR count). The number of fused-ring (bicyclic) bond motifs is 7. The van der Waals surface area contributed by atoms with Gasteiger partial charge in [0, 0.05) is 22.4 Å². The van der Waals surface area contributed by atoms with Crippen LogP contribution in [0, 0.1) is 6.92 Å². The average Bonchev–Trinajstić information content (AvgIpc) is 3.24. The van der Waals surface area contributed by atoms with Gasteiger partial charge in [-0.2, -0.15) is 0 Å². The van der Waals surface area contributed by atoms with Gasteiger partial charge in [0.1, 0.15) is 17.0 Å². The first-order valence-electron chi connectivity index (χ1n) is 9.08. The molecule has 3 heteroatoms. The highest BCUT2D eigenvalue weighted by atomic mass is 16.3. The Hall–Kier alpha value is -3.59. The number of aryl methyl sites for hydroxylation is 1. The van der Waals surface area contributed by atoms with Crippen molar-refractivity contribution < 1.29 is 4.42 Å². The second-order valence-electron chi connectivity index (χ2n) is 6.93. The predicted octanol–water partition coefficient (Wildman–Crippen LogP) is 6.39. The van der Waals surface area contributed by atoms with E-state index in [2.05, 4.69) is 58.9 Å². The number of para-hydroxylation sites is 2. The van der Waals surface area contributed by atoms with Crippen LogP contribution >= 0.6 is 0 Å². The van der Waals surface area contributed by atoms with Crippen LogP contribution in [0.4, 0.5) is 0 Å². The van der Waals surface area contributed by atoms with Crippen LogP contribution in [0.15, 0.2) is 83.4 Å². The summed E-state index contributed by atoms with van der Waals surface area (Å²) in [4.78, 5) is 4.61. The van der Waals surface area contributed by atoms with Crippen LogP contribution in [0.1, 0.15) is 5.56 Å². The Kier molecular flexibility index (Phi) is 2.81. The molecule has 3 heterocycles. The normalized spacial score (nSPS) is 11.9. The maximum absolute atomic E-state index is 6.37. The Balaban J connectivity index is 1.92. The minimum atomic E-state index is 0.915. The van der Waals surface area contributed by atoms with Crippen LogP contribution in [0.3, 0.4) is 0 Å². The highest BCUT2D eigenvalue weighted by molar-refractivity contribution is 6.24. The number of furan rings is 1. The molecule has 0 aliphatic rings. The minimum absolute atomic E-state index is 0.915. The zero-order valence-corrected chi connectivity index (χ0v) is 14.8. The minimum Gasteiger partial charge on any atom is -0.455 e. The highest BCUT2D eigenvalue weighted by Crippen LogP contribution is 2.41. The highest BCUT2D eigenvalue weighted by Gasteiger charge is 2.20. The van der Waals surface area contributed by atoms with Gasteiger partial charge in [-0.15, -0.1) is 0 Å². The molecule has 6 aromatic rings. The van der Waals surface area contributed by atoms with E-state index in [0.29, 0.717) is 0 Å². The smallest absolute Gasteiger partial charge is 0.145 e. The topological polar surface area (TPSA) is 31.0 Å². The van der Waals surface area contributed by atoms with Crippen LogP contribution in [0.5, 0.6) is 0 Å². The Labute approximate surface area is 155 Å². The van der Waals surface area contributed by atoms with Crippen molar-refractivity contribution in [2.24, 2.45) is 0 Å². The average molecular weight is 348 g/mol. The Morgan fingerprint density at radius 2 is 1.56 bits per heavy atom. The van der Waals surface area contributed by atoms with Crippen LogP contribution in [0.2, 0.25) is 0 Å². The van der Waals surface area contributed by atoms with Crippen molar-refractivity contribution in [2.45, 2.75) is 6.92 Å². The monoisotopic (exact) mass is 348 g/mol. The fraction of sp³-hybridized carbons (Fsp3) is 0.0417. The maximum Gasteiger partial charge on any atom is 0.145 e. The third-order valence-corrected chi connectivity index (χ3v) is 5.36. The van der Waals surface area contributed by atoms with Gasteiger partial charge in [-0.25, -0.2) is 4.98 Å². The molecule has 0 aliphatic heterocycles. The van der Waals surface area contributed by atoms with Crippen molar-refractivity contribution in [3.63, 3.8) is 0 Å². The molecular weight excluding hydrogens is 332 g/mol. The maximum atomic E-state index is 6.37. The quantitative estimate of drug-likeness (QED) is 0.345. The molecule has 0 fully saturated rings. The molecule has 128 valence electrons. The lowest BCUT2D eigenvalue weighted by Crippen LogP contribution is -1.96. The predicted molar refractivity (Wildman–Crippen MR) is 111 cm³/mol. The van der Waals surface area contributed by atoms with Gasteiger partial charge in [0.15, 0.2) is 0 Å². The molecule has 3 aromatic heterocycles. The first-order chi connectivity index (χ1) is 13.3. The fourth-order valence-corrected chi connectivity index (χ4v) is 4.26. The Bertz CT molecular complexity index is 1470. The van der Waals surface area contributed by atoms with E-state index in [9.17, 15) is 0 Å². The van der Waals surface area contributed by atoms with Crippen molar-refractivity contribution in [2.75, 3.05) is 0 Å². The lowest BCUT2D eigenvalue weighted by atomic mass is 10.0. The fourth-order valence-electron chi connectivity index (χ4n) is 4.26. The SMILES string of the molecule is Cc1cc2c(c3ccccc3n2-c2ccccn2)c2oc3ccccc3c12. The summed E-state index contributed by atoms with van der Waals surface area (Å²) in [5.41, 5.74) is 5.36. The van der Waals surface area contributed by atoms with E-state index < -0.39 is 0 Å². The Morgan fingerprint density at radius 3 is 2.41 bits per heavy atom. The standard InChI is InChI=1S/C24H16N2O/c1-15-14-19-23(24-22(15)17-9-3-5-11-20(17)27-24)16-8-2-4-10-18(16)26(19)21-12-6-7-13-25-21/h2-14H,1H3. The van der Waals surface area contributed by atoms with Crippen molar-refractivity contribution in [1.82, 2.24) is 9.55 Å². The van der Waals surface area contributed by atoms with Gasteiger partial charge in [0.25, 0.3) is 0 Å². The molecule has 0 unspecified atom stereocenters. The molecule has 0 radical (unpaired) electrons. The molecule has 0 aliphatic carbocycles. The molecule has 3 aromatic carbocycles. The van der Waals surface area contributed by atoms with Crippen molar-refractivity contribution in [3.8, 4) is 5.82 Å². The first-order valence-corrected chi connectivity index (χ1v) is 9.08. The number of aromatic nitrogens is 2. The molecule has 0 saturated heterocycles. The second-order valence-corrected chi connectivity index (χ2v) is 6.93. The van der Waals surface area contributed by atoms with Crippen molar-refractivity contribution in [3.05, 3.63) is 84.6 Å². The molecule has 0 atom stereocenters. The van der Waals surface area contributed by atoms with E-state index >= 15 is 0 Å². The summed E-state index contributed by atoms with van der Waals surface area (Å²) < 4.78 is 8.60. The van der Waals surface area contributed by atoms with E-state index in [4.69, 9.17) is 4.42 Å². The number of nitrogens with zero attached hydrogens (tertiary/aromatic N) is 2. The molecule has 0 amide bonds. The van der Waals surface area contributed by atoms with Crippen LogP contribution in [0.25, 0.3) is 49.6 Å². The second kappa shape index (κ2) is 5.21. The van der Waals surface area contributed by atoms with Crippen LogP contribution in [-0.4, -0.2) is 9.55 Å². The summed E-state index contributed by atoms with van der Waals surface area (Å²) in [6.07, 6.45) is 1.84.